The van der Waals surface area contributed by atoms with Gasteiger partial charge in [0.25, 0.3) is 0 Å². The van der Waals surface area contributed by atoms with Crippen LogP contribution < -0.4 is 5.32 Å². The number of carboxylic acid groups (broad SMARTS) is 1. The molecular formula is C13H17IN2O4. The zero-order valence-corrected chi connectivity index (χ0v) is 13.5. The molecule has 0 saturated carbocycles. The van der Waals surface area contributed by atoms with Crippen LogP contribution in [0.3, 0.4) is 0 Å². The minimum atomic E-state index is -1.07. The zero-order chi connectivity index (χ0) is 15.1. The van der Waals surface area contributed by atoms with Gasteiger partial charge in [0.05, 0.1) is 11.3 Å². The second-order valence-corrected chi connectivity index (χ2v) is 5.44. The number of urea groups is 1. The van der Waals surface area contributed by atoms with Crippen LogP contribution in [0.25, 0.3) is 0 Å². The molecule has 20 heavy (non-hydrogen) atoms. The van der Waals surface area contributed by atoms with E-state index in [1.807, 2.05) is 22.6 Å². The van der Waals surface area contributed by atoms with Crippen LogP contribution in [0.4, 0.5) is 10.5 Å². The molecule has 1 aromatic rings. The first-order chi connectivity index (χ1) is 9.45. The van der Waals surface area contributed by atoms with Crippen molar-refractivity contribution < 1.29 is 19.4 Å². The maximum atomic E-state index is 11.9. The van der Waals surface area contributed by atoms with E-state index in [0.29, 0.717) is 18.8 Å². The summed E-state index contributed by atoms with van der Waals surface area (Å²) >= 11 is 2.02. The van der Waals surface area contributed by atoms with Crippen LogP contribution in [0, 0.1) is 3.57 Å². The van der Waals surface area contributed by atoms with Gasteiger partial charge < -0.3 is 20.1 Å². The Kier molecular flexibility index (Phi) is 6.73. The fourth-order valence-corrected chi connectivity index (χ4v) is 2.05. The van der Waals surface area contributed by atoms with E-state index in [4.69, 9.17) is 9.84 Å². The number of hydrogen-bond donors (Lipinski definition) is 2. The van der Waals surface area contributed by atoms with Gasteiger partial charge >= 0.3 is 12.0 Å². The van der Waals surface area contributed by atoms with Crippen molar-refractivity contribution >= 4 is 40.3 Å². The number of carbonyl (C=O) groups excluding carboxylic acids is 1. The molecule has 2 amide bonds. The lowest BCUT2D eigenvalue weighted by molar-refractivity contribution is 0.0698. The van der Waals surface area contributed by atoms with Crippen molar-refractivity contribution in [2.24, 2.45) is 0 Å². The summed E-state index contributed by atoms with van der Waals surface area (Å²) in [4.78, 5) is 24.6. The summed E-state index contributed by atoms with van der Waals surface area (Å²) in [6, 6.07) is 4.51. The van der Waals surface area contributed by atoms with Crippen LogP contribution in [0.1, 0.15) is 16.8 Å². The molecule has 0 aromatic heterocycles. The van der Waals surface area contributed by atoms with Gasteiger partial charge in [-0.2, -0.15) is 0 Å². The number of anilines is 1. The molecule has 7 heteroatoms. The molecule has 2 N–H and O–H groups in total. The van der Waals surface area contributed by atoms with Crippen molar-refractivity contribution in [1.82, 2.24) is 4.90 Å². The Balaban J connectivity index is 2.72. The second-order valence-electron chi connectivity index (χ2n) is 4.19. The third-order valence-corrected chi connectivity index (χ3v) is 3.31. The van der Waals surface area contributed by atoms with Crippen LogP contribution in [-0.2, 0) is 4.74 Å². The number of nitrogens with one attached hydrogen (secondary N) is 1. The first-order valence-corrected chi connectivity index (χ1v) is 7.07. The number of hydrogen-bond acceptors (Lipinski definition) is 3. The topological polar surface area (TPSA) is 78.9 Å². The van der Waals surface area contributed by atoms with Crippen LogP contribution in [0.2, 0.25) is 0 Å². The zero-order valence-electron chi connectivity index (χ0n) is 11.4. The van der Waals surface area contributed by atoms with Gasteiger partial charge in [0, 0.05) is 30.9 Å². The predicted molar refractivity (Wildman–Crippen MR) is 84.3 cm³/mol. The summed E-state index contributed by atoms with van der Waals surface area (Å²) in [5.41, 5.74) is 0.372. The maximum Gasteiger partial charge on any atom is 0.337 e. The van der Waals surface area contributed by atoms with Gasteiger partial charge in [-0.05, 0) is 47.2 Å². The number of methoxy groups -OCH3 is 1. The van der Waals surface area contributed by atoms with Crippen molar-refractivity contribution in [3.05, 3.63) is 27.3 Å². The van der Waals surface area contributed by atoms with Gasteiger partial charge in [-0.3, -0.25) is 0 Å². The highest BCUT2D eigenvalue weighted by Gasteiger charge is 2.15. The highest BCUT2D eigenvalue weighted by molar-refractivity contribution is 14.1. The smallest absolute Gasteiger partial charge is 0.337 e. The predicted octanol–water partition coefficient (Wildman–Crippen LogP) is 2.49. The number of benzene rings is 1. The van der Waals surface area contributed by atoms with Crippen LogP contribution in [0.5, 0.6) is 0 Å². The molecule has 6 nitrogen and oxygen atoms in total. The van der Waals surface area contributed by atoms with Crippen molar-refractivity contribution in [1.29, 1.82) is 0 Å². The third kappa shape index (κ3) is 4.97. The largest absolute Gasteiger partial charge is 0.478 e. The quantitative estimate of drug-likeness (QED) is 0.576. The van der Waals surface area contributed by atoms with Crippen molar-refractivity contribution in [2.75, 3.05) is 32.6 Å². The molecule has 0 bridgehead atoms. The molecule has 0 heterocycles. The van der Waals surface area contributed by atoms with E-state index in [2.05, 4.69) is 5.32 Å². The van der Waals surface area contributed by atoms with Gasteiger partial charge in [-0.25, -0.2) is 9.59 Å². The lowest BCUT2D eigenvalue weighted by Crippen LogP contribution is -2.33. The fraction of sp³-hybridized carbons (Fsp3) is 0.385. The molecule has 0 aliphatic carbocycles. The number of carboxylic acids is 1. The van der Waals surface area contributed by atoms with Crippen LogP contribution in [-0.4, -0.2) is 49.3 Å². The fourth-order valence-electron chi connectivity index (χ4n) is 1.56. The number of rotatable bonds is 6. The van der Waals surface area contributed by atoms with Crippen molar-refractivity contribution in [2.45, 2.75) is 6.42 Å². The molecule has 0 radical (unpaired) electrons. The first kappa shape index (κ1) is 16.7. The van der Waals surface area contributed by atoms with E-state index in [1.54, 1.807) is 26.3 Å². The lowest BCUT2D eigenvalue weighted by atomic mass is 10.2. The van der Waals surface area contributed by atoms with Crippen LogP contribution in [0.15, 0.2) is 18.2 Å². The number of halogens is 1. The lowest BCUT2D eigenvalue weighted by Gasteiger charge is -2.18. The van der Waals surface area contributed by atoms with Gasteiger partial charge in [0.1, 0.15) is 0 Å². The van der Waals surface area contributed by atoms with Crippen molar-refractivity contribution in [3.8, 4) is 0 Å². The van der Waals surface area contributed by atoms with E-state index < -0.39 is 5.97 Å². The molecule has 1 rings (SSSR count). The Labute approximate surface area is 131 Å². The highest BCUT2D eigenvalue weighted by Crippen LogP contribution is 2.19. The average Bonchev–Trinajstić information content (AvgIpc) is 2.40. The molecule has 0 aliphatic rings. The SMILES string of the molecule is COCCCN(C)C(=O)Nc1ccc(I)cc1C(=O)O. The molecule has 0 spiro atoms. The van der Waals surface area contributed by atoms with E-state index in [9.17, 15) is 9.59 Å². The molecule has 0 saturated heterocycles. The monoisotopic (exact) mass is 392 g/mol. The van der Waals surface area contributed by atoms with Gasteiger partial charge in [-0.1, -0.05) is 0 Å². The van der Waals surface area contributed by atoms with E-state index in [-0.39, 0.29) is 11.6 Å². The minimum absolute atomic E-state index is 0.0792. The Bertz CT molecular complexity index is 493. The Hall–Kier alpha value is -1.35. The Morgan fingerprint density at radius 2 is 2.15 bits per heavy atom. The molecule has 1 aromatic carbocycles. The number of nitrogens with zero attached hydrogens (tertiary/aromatic N) is 1. The second kappa shape index (κ2) is 8.05. The van der Waals surface area contributed by atoms with E-state index >= 15 is 0 Å². The number of amides is 2. The maximum absolute atomic E-state index is 11.9. The summed E-state index contributed by atoms with van der Waals surface area (Å²) in [5, 5.41) is 11.7. The Morgan fingerprint density at radius 1 is 1.45 bits per heavy atom. The molecule has 0 aliphatic heterocycles. The van der Waals surface area contributed by atoms with Crippen molar-refractivity contribution in [3.63, 3.8) is 0 Å². The van der Waals surface area contributed by atoms with Gasteiger partial charge in [0.2, 0.25) is 0 Å². The molecule has 0 unspecified atom stereocenters. The number of carbonyl (C=O) groups is 2. The number of ether oxygens (including phenoxy) is 1. The normalized spacial score (nSPS) is 10.2. The van der Waals surface area contributed by atoms with E-state index in [0.717, 1.165) is 9.99 Å². The summed E-state index contributed by atoms with van der Waals surface area (Å²) < 4.78 is 5.71. The van der Waals surface area contributed by atoms with Gasteiger partial charge in [-0.15, -0.1) is 0 Å². The number of aromatic carboxylic acids is 1. The summed E-state index contributed by atoms with van der Waals surface area (Å²) in [6.07, 6.45) is 0.721. The third-order valence-electron chi connectivity index (χ3n) is 2.64. The molecule has 110 valence electrons. The minimum Gasteiger partial charge on any atom is -0.478 e. The molecule has 0 atom stereocenters. The highest BCUT2D eigenvalue weighted by atomic mass is 127. The summed E-state index contributed by atoms with van der Waals surface area (Å²) in [6.45, 7) is 1.11. The first-order valence-electron chi connectivity index (χ1n) is 5.99. The molecular weight excluding hydrogens is 375 g/mol. The average molecular weight is 392 g/mol. The van der Waals surface area contributed by atoms with Gasteiger partial charge in [0.15, 0.2) is 0 Å². The van der Waals surface area contributed by atoms with Crippen LogP contribution >= 0.6 is 22.6 Å². The molecule has 0 fully saturated rings. The standard InChI is InChI=1S/C13H17IN2O4/c1-16(6-3-7-20-2)13(19)15-11-5-4-9(14)8-10(11)12(17)18/h4-5,8H,3,6-7H2,1-2H3,(H,15,19)(H,17,18). The Morgan fingerprint density at radius 3 is 2.75 bits per heavy atom. The van der Waals surface area contributed by atoms with E-state index in [1.165, 1.54) is 11.0 Å². The summed E-state index contributed by atoms with van der Waals surface area (Å²) in [7, 11) is 3.25. The summed E-state index contributed by atoms with van der Waals surface area (Å²) in [5.74, 6) is -1.07.